The lowest BCUT2D eigenvalue weighted by Gasteiger charge is -2.24. The second kappa shape index (κ2) is 8.68. The Bertz CT molecular complexity index is 789. The Morgan fingerprint density at radius 3 is 2.70 bits per heavy atom. The molecule has 0 unspecified atom stereocenters. The molecule has 3 rings (SSSR count). The van der Waals surface area contributed by atoms with Crippen LogP contribution in [-0.2, 0) is 17.6 Å². The van der Waals surface area contributed by atoms with E-state index in [1.54, 1.807) is 0 Å². The largest absolute Gasteiger partial charge is 0.352 e. The van der Waals surface area contributed by atoms with Gasteiger partial charge in [0.2, 0.25) is 5.91 Å². The van der Waals surface area contributed by atoms with Crippen LogP contribution in [0, 0.1) is 0 Å². The zero-order chi connectivity index (χ0) is 19.2. The minimum absolute atomic E-state index is 0.0477. The molecule has 0 saturated carbocycles. The summed E-state index contributed by atoms with van der Waals surface area (Å²) in [7, 11) is 0. The highest BCUT2D eigenvalue weighted by Gasteiger charge is 2.25. The van der Waals surface area contributed by atoms with Gasteiger partial charge in [0.15, 0.2) is 0 Å². The number of amides is 3. The number of primary amides is 1. The molecule has 144 valence electrons. The summed E-state index contributed by atoms with van der Waals surface area (Å²) in [5.74, 6) is -0.0477. The second-order valence-corrected chi connectivity index (χ2v) is 6.76. The number of hydrogen-bond donors (Lipinski definition) is 4. The predicted molar refractivity (Wildman–Crippen MR) is 103 cm³/mol. The van der Waals surface area contributed by atoms with Crippen LogP contribution >= 0.6 is 0 Å². The van der Waals surface area contributed by atoms with E-state index in [0.29, 0.717) is 32.5 Å². The van der Waals surface area contributed by atoms with Crippen molar-refractivity contribution in [2.75, 3.05) is 19.6 Å². The molecule has 0 bridgehead atoms. The standard InChI is InChI=1S/C19H26N6O2/c20-15(7-4-10-22-19(21)27)18(26)25-11-8-14-16(9-12-25)23-24-17(14)13-5-2-1-3-6-13/h1-3,5-6,15H,4,7-12,20H2,(H,23,24)(H3,21,22,27)/t15-/m0/s1. The molecule has 1 aromatic heterocycles. The monoisotopic (exact) mass is 370 g/mol. The van der Waals surface area contributed by atoms with E-state index in [-0.39, 0.29) is 5.91 Å². The van der Waals surface area contributed by atoms with Crippen LogP contribution in [0.15, 0.2) is 30.3 Å². The number of benzene rings is 1. The van der Waals surface area contributed by atoms with Gasteiger partial charge in [0.1, 0.15) is 0 Å². The lowest BCUT2D eigenvalue weighted by Crippen LogP contribution is -2.45. The third-order valence-corrected chi connectivity index (χ3v) is 4.88. The second-order valence-electron chi connectivity index (χ2n) is 6.76. The number of aromatic amines is 1. The molecule has 1 atom stereocenters. The summed E-state index contributed by atoms with van der Waals surface area (Å²) in [5.41, 5.74) is 15.4. The van der Waals surface area contributed by atoms with Crippen molar-refractivity contribution in [3.8, 4) is 11.3 Å². The molecular formula is C19H26N6O2. The number of nitrogens with two attached hydrogens (primary N) is 2. The van der Waals surface area contributed by atoms with Gasteiger partial charge in [-0.3, -0.25) is 9.89 Å². The molecule has 0 radical (unpaired) electrons. The van der Waals surface area contributed by atoms with Crippen molar-refractivity contribution in [2.45, 2.75) is 31.7 Å². The van der Waals surface area contributed by atoms with Gasteiger partial charge in [-0.25, -0.2) is 4.79 Å². The molecule has 0 fully saturated rings. The van der Waals surface area contributed by atoms with Crippen molar-refractivity contribution >= 4 is 11.9 Å². The van der Waals surface area contributed by atoms with Gasteiger partial charge in [0.05, 0.1) is 11.7 Å². The van der Waals surface area contributed by atoms with E-state index < -0.39 is 12.1 Å². The molecule has 2 heterocycles. The molecule has 8 heteroatoms. The highest BCUT2D eigenvalue weighted by molar-refractivity contribution is 5.82. The van der Waals surface area contributed by atoms with Crippen LogP contribution in [0.25, 0.3) is 11.3 Å². The number of carbonyl (C=O) groups is 2. The summed E-state index contributed by atoms with van der Waals surface area (Å²) in [6.45, 7) is 1.67. The summed E-state index contributed by atoms with van der Waals surface area (Å²) in [6.07, 6.45) is 2.61. The van der Waals surface area contributed by atoms with Gasteiger partial charge in [-0.05, 0) is 19.3 Å². The van der Waals surface area contributed by atoms with Crippen LogP contribution in [0.5, 0.6) is 0 Å². The molecule has 6 N–H and O–H groups in total. The van der Waals surface area contributed by atoms with E-state index in [2.05, 4.69) is 15.5 Å². The van der Waals surface area contributed by atoms with Crippen molar-refractivity contribution < 1.29 is 9.59 Å². The minimum Gasteiger partial charge on any atom is -0.352 e. The Labute approximate surface area is 158 Å². The maximum atomic E-state index is 12.7. The fraction of sp³-hybridized carbons (Fsp3) is 0.421. The number of rotatable bonds is 6. The fourth-order valence-corrected chi connectivity index (χ4v) is 3.43. The highest BCUT2D eigenvalue weighted by atomic mass is 16.2. The van der Waals surface area contributed by atoms with Gasteiger partial charge >= 0.3 is 6.03 Å². The van der Waals surface area contributed by atoms with E-state index in [9.17, 15) is 9.59 Å². The van der Waals surface area contributed by atoms with E-state index >= 15 is 0 Å². The Morgan fingerprint density at radius 1 is 1.22 bits per heavy atom. The number of hydrogen-bond acceptors (Lipinski definition) is 4. The van der Waals surface area contributed by atoms with Crippen molar-refractivity contribution in [3.63, 3.8) is 0 Å². The zero-order valence-corrected chi connectivity index (χ0v) is 15.3. The Balaban J connectivity index is 1.59. The molecule has 1 aliphatic heterocycles. The Kier molecular flexibility index (Phi) is 6.08. The van der Waals surface area contributed by atoms with Crippen molar-refractivity contribution in [2.24, 2.45) is 11.5 Å². The van der Waals surface area contributed by atoms with Gasteiger partial charge < -0.3 is 21.7 Å². The molecule has 27 heavy (non-hydrogen) atoms. The summed E-state index contributed by atoms with van der Waals surface area (Å²) in [5, 5.41) is 10.1. The molecule has 3 amide bonds. The topological polar surface area (TPSA) is 130 Å². The first kappa shape index (κ1) is 18.9. The molecular weight excluding hydrogens is 344 g/mol. The summed E-state index contributed by atoms with van der Waals surface area (Å²) >= 11 is 0. The fourth-order valence-electron chi connectivity index (χ4n) is 3.43. The maximum absolute atomic E-state index is 12.7. The molecule has 2 aromatic rings. The number of aromatic nitrogens is 2. The lowest BCUT2D eigenvalue weighted by atomic mass is 10.0. The van der Waals surface area contributed by atoms with Gasteiger partial charge in [-0.15, -0.1) is 0 Å². The van der Waals surface area contributed by atoms with E-state index in [0.717, 1.165) is 29.8 Å². The van der Waals surface area contributed by atoms with Crippen LogP contribution < -0.4 is 16.8 Å². The number of fused-ring (bicyclic) bond motifs is 1. The molecule has 8 nitrogen and oxygen atoms in total. The Hall–Kier alpha value is -2.87. The number of nitrogens with one attached hydrogen (secondary N) is 2. The van der Waals surface area contributed by atoms with Gasteiger partial charge in [-0.2, -0.15) is 5.10 Å². The zero-order valence-electron chi connectivity index (χ0n) is 15.3. The summed E-state index contributed by atoms with van der Waals surface area (Å²) in [6, 6.07) is 8.93. The van der Waals surface area contributed by atoms with Crippen LogP contribution in [0.3, 0.4) is 0 Å². The third kappa shape index (κ3) is 4.65. The molecule has 1 aromatic carbocycles. The molecule has 0 spiro atoms. The van der Waals surface area contributed by atoms with Crippen LogP contribution in [0.2, 0.25) is 0 Å². The first-order chi connectivity index (χ1) is 13.1. The number of H-pyrrole nitrogens is 1. The van der Waals surface area contributed by atoms with Crippen molar-refractivity contribution in [1.29, 1.82) is 0 Å². The maximum Gasteiger partial charge on any atom is 0.312 e. The van der Waals surface area contributed by atoms with E-state index in [4.69, 9.17) is 11.5 Å². The van der Waals surface area contributed by atoms with E-state index in [1.807, 2.05) is 35.2 Å². The van der Waals surface area contributed by atoms with Crippen LogP contribution in [-0.4, -0.2) is 52.7 Å². The molecule has 0 aliphatic carbocycles. The van der Waals surface area contributed by atoms with E-state index in [1.165, 1.54) is 5.56 Å². The predicted octanol–water partition coefficient (Wildman–Crippen LogP) is 0.780. The first-order valence-electron chi connectivity index (χ1n) is 9.25. The normalized spacial score (nSPS) is 14.9. The third-order valence-electron chi connectivity index (χ3n) is 4.88. The van der Waals surface area contributed by atoms with Crippen LogP contribution in [0.1, 0.15) is 24.1 Å². The number of carbonyl (C=O) groups excluding carboxylic acids is 2. The number of urea groups is 1. The molecule has 0 saturated heterocycles. The van der Waals surface area contributed by atoms with Crippen molar-refractivity contribution in [1.82, 2.24) is 20.4 Å². The quantitative estimate of drug-likeness (QED) is 0.560. The highest BCUT2D eigenvalue weighted by Crippen LogP contribution is 2.26. The summed E-state index contributed by atoms with van der Waals surface area (Å²) < 4.78 is 0. The summed E-state index contributed by atoms with van der Waals surface area (Å²) in [4.78, 5) is 25.2. The lowest BCUT2D eigenvalue weighted by molar-refractivity contribution is -0.132. The van der Waals surface area contributed by atoms with Crippen molar-refractivity contribution in [3.05, 3.63) is 41.6 Å². The smallest absolute Gasteiger partial charge is 0.312 e. The first-order valence-corrected chi connectivity index (χ1v) is 9.25. The Morgan fingerprint density at radius 2 is 1.96 bits per heavy atom. The van der Waals surface area contributed by atoms with Gasteiger partial charge in [0.25, 0.3) is 0 Å². The molecule has 1 aliphatic rings. The minimum atomic E-state index is -0.567. The van der Waals surface area contributed by atoms with Gasteiger partial charge in [-0.1, -0.05) is 30.3 Å². The average Bonchev–Trinajstić information content (AvgIpc) is 2.96. The van der Waals surface area contributed by atoms with Gasteiger partial charge in [0, 0.05) is 42.9 Å². The van der Waals surface area contributed by atoms with Crippen LogP contribution in [0.4, 0.5) is 4.79 Å². The number of nitrogens with zero attached hydrogens (tertiary/aromatic N) is 2. The SMILES string of the molecule is NC(=O)NCCC[C@H](N)C(=O)N1CCc2[nH]nc(-c3ccccc3)c2CC1. The average molecular weight is 370 g/mol.